The Balaban J connectivity index is 3.42. The molecule has 0 heterocycles. The molecule has 0 saturated carbocycles. The van der Waals surface area contributed by atoms with Gasteiger partial charge in [-0.1, -0.05) is 29.8 Å². The zero-order valence-electron chi connectivity index (χ0n) is 10.4. The van der Waals surface area contributed by atoms with Gasteiger partial charge in [-0.3, -0.25) is 0 Å². The molecule has 19 heavy (non-hydrogen) atoms. The molecule has 0 aliphatic heterocycles. The highest BCUT2D eigenvalue weighted by Crippen LogP contribution is 2.44. The van der Waals surface area contributed by atoms with Crippen LogP contribution in [-0.4, -0.2) is 16.8 Å². The lowest BCUT2D eigenvalue weighted by atomic mass is 9.81. The maximum Gasteiger partial charge on any atom is 0.420 e. The lowest BCUT2D eigenvalue weighted by Gasteiger charge is -2.31. The fourth-order valence-electron chi connectivity index (χ4n) is 1.59. The predicted octanol–water partition coefficient (Wildman–Crippen LogP) is 3.19. The van der Waals surface area contributed by atoms with Crippen molar-refractivity contribution in [2.45, 2.75) is 26.1 Å². The molecule has 4 N–H and O–H groups in total. The van der Waals surface area contributed by atoms with Crippen molar-refractivity contribution in [2.24, 2.45) is 11.1 Å². The van der Waals surface area contributed by atoms with Gasteiger partial charge in [-0.2, -0.15) is 13.2 Å². The van der Waals surface area contributed by atoms with Crippen LogP contribution in [-0.2, 0) is 6.18 Å². The summed E-state index contributed by atoms with van der Waals surface area (Å²) in [6.45, 7) is 2.89. The quantitative estimate of drug-likeness (QED) is 0.790. The van der Waals surface area contributed by atoms with Crippen LogP contribution in [0.15, 0.2) is 16.6 Å². The van der Waals surface area contributed by atoms with Crippen molar-refractivity contribution in [3.8, 4) is 5.75 Å². The average Bonchev–Trinajstić information content (AvgIpc) is 2.29. The zero-order valence-corrected chi connectivity index (χ0v) is 12.0. The van der Waals surface area contributed by atoms with Gasteiger partial charge >= 0.3 is 6.18 Å². The van der Waals surface area contributed by atoms with Crippen LogP contribution in [0, 0.1) is 5.41 Å². The van der Waals surface area contributed by atoms with Gasteiger partial charge in [0.25, 0.3) is 0 Å². The molecule has 0 aromatic heterocycles. The number of alkyl halides is 3. The first-order chi connectivity index (χ1) is 8.50. The van der Waals surface area contributed by atoms with Gasteiger partial charge in [0.1, 0.15) is 5.75 Å². The van der Waals surface area contributed by atoms with Gasteiger partial charge < -0.3 is 15.9 Å². The third-order valence-corrected chi connectivity index (χ3v) is 3.45. The van der Waals surface area contributed by atoms with Crippen LogP contribution in [0.2, 0.25) is 0 Å². The highest BCUT2D eigenvalue weighted by Gasteiger charge is 2.38. The number of nitrogens with two attached hydrogens (primary N) is 1. The second-order valence-corrected chi connectivity index (χ2v) is 5.93. The third kappa shape index (κ3) is 3.40. The molecular formula is C12H15BrF3NO2. The molecular weight excluding hydrogens is 327 g/mol. The molecule has 0 radical (unpaired) electrons. The molecule has 3 nitrogen and oxygen atoms in total. The number of aliphatic hydroxyl groups excluding tert-OH is 1. The fourth-order valence-corrected chi connectivity index (χ4v) is 2.07. The minimum atomic E-state index is -4.67. The number of halogens is 4. The van der Waals surface area contributed by atoms with E-state index < -0.39 is 28.9 Å². The van der Waals surface area contributed by atoms with Crippen LogP contribution in [0.1, 0.15) is 31.0 Å². The fraction of sp³-hybridized carbons (Fsp3) is 0.500. The Morgan fingerprint density at radius 3 is 2.26 bits per heavy atom. The second-order valence-electron chi connectivity index (χ2n) is 5.01. The standard InChI is InChI=1S/C12H15BrF3NO2/c1-11(2,5-18)10(17)7-3-6(13)4-8(9(7)19)12(14,15)16/h3-4,10,18-19H,5,17H2,1-2H3/t10-/m1/s1. The Hall–Kier alpha value is -0.790. The van der Waals surface area contributed by atoms with Crippen molar-refractivity contribution in [2.75, 3.05) is 6.61 Å². The monoisotopic (exact) mass is 341 g/mol. The van der Waals surface area contributed by atoms with Crippen molar-refractivity contribution < 1.29 is 23.4 Å². The number of aromatic hydroxyl groups is 1. The SMILES string of the molecule is CC(C)(CO)[C@H](N)c1cc(Br)cc(C(F)(F)F)c1O. The van der Waals surface area contributed by atoms with Crippen LogP contribution in [0.25, 0.3) is 0 Å². The van der Waals surface area contributed by atoms with E-state index in [9.17, 15) is 23.4 Å². The van der Waals surface area contributed by atoms with Gasteiger partial charge in [-0.15, -0.1) is 0 Å². The normalized spacial score (nSPS) is 14.5. The van der Waals surface area contributed by atoms with E-state index in [-0.39, 0.29) is 16.6 Å². The molecule has 0 amide bonds. The lowest BCUT2D eigenvalue weighted by molar-refractivity contribution is -0.138. The maximum atomic E-state index is 12.8. The summed E-state index contributed by atoms with van der Waals surface area (Å²) in [4.78, 5) is 0. The average molecular weight is 342 g/mol. The Labute approximate surface area is 117 Å². The van der Waals surface area contributed by atoms with E-state index in [0.29, 0.717) is 0 Å². The summed E-state index contributed by atoms with van der Waals surface area (Å²) >= 11 is 2.97. The predicted molar refractivity (Wildman–Crippen MR) is 68.6 cm³/mol. The number of aliphatic hydroxyl groups is 1. The summed E-state index contributed by atoms with van der Waals surface area (Å²) in [6, 6.07) is 1.18. The minimum absolute atomic E-state index is 0.0549. The summed E-state index contributed by atoms with van der Waals surface area (Å²) in [5.41, 5.74) is 3.79. The number of hydrogen-bond donors (Lipinski definition) is 3. The van der Waals surface area contributed by atoms with Crippen LogP contribution in [0.3, 0.4) is 0 Å². The van der Waals surface area contributed by atoms with E-state index in [1.165, 1.54) is 6.07 Å². The lowest BCUT2D eigenvalue weighted by Crippen LogP contribution is -2.32. The molecule has 0 aliphatic rings. The summed E-state index contributed by atoms with van der Waals surface area (Å²) in [5, 5.41) is 19.0. The highest BCUT2D eigenvalue weighted by molar-refractivity contribution is 9.10. The summed E-state index contributed by atoms with van der Waals surface area (Å²) in [7, 11) is 0. The topological polar surface area (TPSA) is 66.5 Å². The van der Waals surface area contributed by atoms with Gasteiger partial charge in [0.05, 0.1) is 5.56 Å². The van der Waals surface area contributed by atoms with E-state index in [2.05, 4.69) is 15.9 Å². The molecule has 1 atom stereocenters. The van der Waals surface area contributed by atoms with Crippen molar-refractivity contribution in [3.05, 3.63) is 27.7 Å². The summed E-state index contributed by atoms with van der Waals surface area (Å²) in [6.07, 6.45) is -4.67. The van der Waals surface area contributed by atoms with Crippen LogP contribution < -0.4 is 5.73 Å². The number of phenolic OH excluding ortho intramolecular Hbond substituents is 1. The van der Waals surface area contributed by atoms with E-state index in [4.69, 9.17) is 5.73 Å². The van der Waals surface area contributed by atoms with E-state index in [0.717, 1.165) is 6.07 Å². The van der Waals surface area contributed by atoms with Gasteiger partial charge in [0.2, 0.25) is 0 Å². The summed E-state index contributed by atoms with van der Waals surface area (Å²) in [5.74, 6) is -0.898. The Kier molecular flexibility index (Phi) is 4.54. The molecule has 0 saturated heterocycles. The highest BCUT2D eigenvalue weighted by atomic mass is 79.9. The molecule has 1 rings (SSSR count). The minimum Gasteiger partial charge on any atom is -0.507 e. The van der Waals surface area contributed by atoms with Crippen LogP contribution in [0.4, 0.5) is 13.2 Å². The van der Waals surface area contributed by atoms with Gasteiger partial charge in [-0.05, 0) is 12.1 Å². The molecule has 0 aliphatic carbocycles. The zero-order chi connectivity index (χ0) is 15.0. The first-order valence-corrected chi connectivity index (χ1v) is 6.26. The largest absolute Gasteiger partial charge is 0.507 e. The van der Waals surface area contributed by atoms with Gasteiger partial charge in [0.15, 0.2) is 0 Å². The van der Waals surface area contributed by atoms with Crippen molar-refractivity contribution in [3.63, 3.8) is 0 Å². The Morgan fingerprint density at radius 1 is 1.32 bits per heavy atom. The number of benzene rings is 1. The molecule has 0 unspecified atom stereocenters. The second kappa shape index (κ2) is 5.30. The number of hydrogen-bond acceptors (Lipinski definition) is 3. The first kappa shape index (κ1) is 16.3. The third-order valence-electron chi connectivity index (χ3n) is 2.99. The smallest absolute Gasteiger partial charge is 0.420 e. The van der Waals surface area contributed by atoms with Crippen LogP contribution in [0.5, 0.6) is 5.75 Å². The van der Waals surface area contributed by atoms with Crippen molar-refractivity contribution in [1.29, 1.82) is 0 Å². The molecule has 1 aromatic carbocycles. The van der Waals surface area contributed by atoms with Crippen LogP contribution >= 0.6 is 15.9 Å². The Morgan fingerprint density at radius 2 is 1.84 bits per heavy atom. The molecule has 1 aromatic rings. The van der Waals surface area contributed by atoms with Gasteiger partial charge in [0, 0.05) is 28.1 Å². The molecule has 108 valence electrons. The molecule has 0 fully saturated rings. The Bertz CT molecular complexity index is 475. The number of phenols is 1. The van der Waals surface area contributed by atoms with E-state index in [1.807, 2.05) is 0 Å². The van der Waals surface area contributed by atoms with E-state index >= 15 is 0 Å². The summed E-state index contributed by atoms with van der Waals surface area (Å²) < 4.78 is 38.5. The van der Waals surface area contributed by atoms with E-state index in [1.54, 1.807) is 13.8 Å². The molecule has 0 bridgehead atoms. The van der Waals surface area contributed by atoms with Crippen molar-refractivity contribution >= 4 is 15.9 Å². The number of rotatable bonds is 3. The van der Waals surface area contributed by atoms with Crippen molar-refractivity contribution in [1.82, 2.24) is 0 Å². The molecule has 0 spiro atoms. The maximum absolute atomic E-state index is 12.8. The first-order valence-electron chi connectivity index (χ1n) is 5.46. The van der Waals surface area contributed by atoms with Gasteiger partial charge in [-0.25, -0.2) is 0 Å². The molecule has 7 heteroatoms.